The summed E-state index contributed by atoms with van der Waals surface area (Å²) in [6.45, 7) is 0. The molecule has 1 aromatic rings. The van der Waals surface area contributed by atoms with Crippen LogP contribution < -0.4 is 0 Å². The van der Waals surface area contributed by atoms with Gasteiger partial charge in [-0.25, -0.2) is 8.78 Å². The van der Waals surface area contributed by atoms with Crippen molar-refractivity contribution in [3.8, 4) is 0 Å². The van der Waals surface area contributed by atoms with Crippen LogP contribution in [0.3, 0.4) is 0 Å². The molecule has 1 N–H and O–H groups in total. The van der Waals surface area contributed by atoms with Gasteiger partial charge in [0.1, 0.15) is 0 Å². The van der Waals surface area contributed by atoms with E-state index in [2.05, 4.69) is 0 Å². The lowest BCUT2D eigenvalue weighted by Gasteiger charge is -2.09. The fourth-order valence-electron chi connectivity index (χ4n) is 1.12. The maximum atomic E-state index is 12.8. The number of thioether (sulfide) groups is 1. The van der Waals surface area contributed by atoms with Gasteiger partial charge in [-0.3, -0.25) is 0 Å². The van der Waals surface area contributed by atoms with E-state index in [-0.39, 0.29) is 0 Å². The lowest BCUT2D eigenvalue weighted by atomic mass is 10.1. The summed E-state index contributed by atoms with van der Waals surface area (Å²) in [7, 11) is 0. The van der Waals surface area contributed by atoms with Crippen LogP contribution in [0, 0.1) is 11.6 Å². The Morgan fingerprint density at radius 1 is 1.36 bits per heavy atom. The van der Waals surface area contributed by atoms with Crippen LogP contribution in [0.4, 0.5) is 8.78 Å². The zero-order chi connectivity index (χ0) is 10.6. The molecule has 0 heterocycles. The number of benzene rings is 1. The van der Waals surface area contributed by atoms with Gasteiger partial charge in [0.2, 0.25) is 0 Å². The Morgan fingerprint density at radius 2 is 2.07 bits per heavy atom. The van der Waals surface area contributed by atoms with Crippen LogP contribution in [0.5, 0.6) is 0 Å². The van der Waals surface area contributed by atoms with Gasteiger partial charge in [0, 0.05) is 0 Å². The summed E-state index contributed by atoms with van der Waals surface area (Å²) < 4.78 is 25.3. The number of aliphatic hydroxyl groups is 1. The van der Waals surface area contributed by atoms with Gasteiger partial charge in [0.15, 0.2) is 11.6 Å². The van der Waals surface area contributed by atoms with Crippen molar-refractivity contribution in [2.75, 3.05) is 12.0 Å². The molecular formula is C10H12F2OS. The third-order valence-corrected chi connectivity index (χ3v) is 2.57. The highest BCUT2D eigenvalue weighted by Gasteiger charge is 2.09. The quantitative estimate of drug-likeness (QED) is 0.838. The van der Waals surface area contributed by atoms with Crippen molar-refractivity contribution in [3.63, 3.8) is 0 Å². The van der Waals surface area contributed by atoms with E-state index in [1.165, 1.54) is 6.07 Å². The van der Waals surface area contributed by atoms with Gasteiger partial charge in [-0.15, -0.1) is 0 Å². The summed E-state index contributed by atoms with van der Waals surface area (Å²) in [4.78, 5) is 0. The van der Waals surface area contributed by atoms with E-state index in [0.717, 1.165) is 17.9 Å². The van der Waals surface area contributed by atoms with Crippen molar-refractivity contribution >= 4 is 11.8 Å². The minimum atomic E-state index is -0.911. The average Bonchev–Trinajstić information content (AvgIpc) is 2.18. The molecule has 0 bridgehead atoms. The summed E-state index contributed by atoms with van der Waals surface area (Å²) in [5, 5.41) is 9.56. The standard InChI is InChI=1S/C10H12F2OS/c1-14-5-4-10(13)7-2-3-8(11)9(12)6-7/h2-3,6,10,13H,4-5H2,1H3. The fraction of sp³-hybridized carbons (Fsp3) is 0.400. The minimum Gasteiger partial charge on any atom is -0.388 e. The lowest BCUT2D eigenvalue weighted by Crippen LogP contribution is -2.00. The molecule has 1 atom stereocenters. The highest BCUT2D eigenvalue weighted by molar-refractivity contribution is 7.98. The smallest absolute Gasteiger partial charge is 0.159 e. The molecule has 0 aliphatic rings. The van der Waals surface area contributed by atoms with Crippen molar-refractivity contribution in [1.29, 1.82) is 0 Å². The summed E-state index contributed by atoms with van der Waals surface area (Å²) >= 11 is 1.60. The molecule has 0 aliphatic carbocycles. The predicted molar refractivity (Wildman–Crippen MR) is 54.3 cm³/mol. The molecule has 0 saturated carbocycles. The second-order valence-electron chi connectivity index (χ2n) is 2.97. The second-order valence-corrected chi connectivity index (χ2v) is 3.96. The van der Waals surface area contributed by atoms with Crippen LogP contribution in [-0.4, -0.2) is 17.1 Å². The molecule has 0 radical (unpaired) electrons. The summed E-state index contributed by atoms with van der Waals surface area (Å²) in [5.74, 6) is -1.00. The van der Waals surface area contributed by atoms with Gasteiger partial charge < -0.3 is 5.11 Å². The van der Waals surface area contributed by atoms with E-state index in [0.29, 0.717) is 12.0 Å². The van der Waals surface area contributed by atoms with Crippen LogP contribution in [-0.2, 0) is 0 Å². The zero-order valence-electron chi connectivity index (χ0n) is 7.84. The first-order valence-corrected chi connectivity index (χ1v) is 5.66. The molecule has 78 valence electrons. The maximum absolute atomic E-state index is 12.8. The Bertz CT molecular complexity index is 304. The Morgan fingerprint density at radius 3 is 2.64 bits per heavy atom. The molecule has 0 aromatic heterocycles. The molecule has 0 spiro atoms. The van der Waals surface area contributed by atoms with E-state index in [4.69, 9.17) is 0 Å². The molecule has 0 fully saturated rings. The van der Waals surface area contributed by atoms with Gasteiger partial charge in [0.25, 0.3) is 0 Å². The van der Waals surface area contributed by atoms with Crippen LogP contribution in [0.25, 0.3) is 0 Å². The van der Waals surface area contributed by atoms with E-state index in [1.807, 2.05) is 6.26 Å². The normalized spacial score (nSPS) is 12.9. The van der Waals surface area contributed by atoms with Gasteiger partial charge in [-0.2, -0.15) is 11.8 Å². The van der Waals surface area contributed by atoms with Crippen molar-refractivity contribution in [1.82, 2.24) is 0 Å². The molecule has 1 rings (SSSR count). The van der Waals surface area contributed by atoms with E-state index in [1.54, 1.807) is 11.8 Å². The molecular weight excluding hydrogens is 206 g/mol. The summed E-state index contributed by atoms with van der Waals surface area (Å²) in [6.07, 6.45) is 1.77. The van der Waals surface area contributed by atoms with Crippen LogP contribution in [0.1, 0.15) is 18.1 Å². The van der Waals surface area contributed by atoms with Crippen molar-refractivity contribution in [3.05, 3.63) is 35.4 Å². The Hall–Kier alpha value is -0.610. The van der Waals surface area contributed by atoms with E-state index in [9.17, 15) is 13.9 Å². The van der Waals surface area contributed by atoms with Gasteiger partial charge in [0.05, 0.1) is 6.10 Å². The summed E-state index contributed by atoms with van der Waals surface area (Å²) in [6, 6.07) is 3.48. The minimum absolute atomic E-state index is 0.429. The Balaban J connectivity index is 2.70. The first-order chi connectivity index (χ1) is 6.65. The molecule has 1 aromatic carbocycles. The third-order valence-electron chi connectivity index (χ3n) is 1.92. The van der Waals surface area contributed by atoms with Gasteiger partial charge >= 0.3 is 0 Å². The molecule has 0 amide bonds. The predicted octanol–water partition coefficient (Wildman–Crippen LogP) is 2.75. The number of rotatable bonds is 4. The Labute approximate surface area is 86.1 Å². The van der Waals surface area contributed by atoms with Crippen LogP contribution in [0.2, 0.25) is 0 Å². The number of halogens is 2. The first-order valence-electron chi connectivity index (χ1n) is 4.27. The molecule has 1 unspecified atom stereocenters. The SMILES string of the molecule is CSCCC(O)c1ccc(F)c(F)c1. The highest BCUT2D eigenvalue weighted by Crippen LogP contribution is 2.20. The number of aliphatic hydroxyl groups excluding tert-OH is 1. The molecule has 1 nitrogen and oxygen atoms in total. The van der Waals surface area contributed by atoms with Crippen molar-refractivity contribution < 1.29 is 13.9 Å². The third kappa shape index (κ3) is 2.96. The molecule has 4 heteroatoms. The molecule has 0 aliphatic heterocycles. The highest BCUT2D eigenvalue weighted by atomic mass is 32.2. The fourth-order valence-corrected chi connectivity index (χ4v) is 1.57. The second kappa shape index (κ2) is 5.32. The average molecular weight is 218 g/mol. The lowest BCUT2D eigenvalue weighted by molar-refractivity contribution is 0.174. The van der Waals surface area contributed by atoms with Crippen molar-refractivity contribution in [2.45, 2.75) is 12.5 Å². The van der Waals surface area contributed by atoms with Crippen LogP contribution >= 0.6 is 11.8 Å². The number of hydrogen-bond donors (Lipinski definition) is 1. The monoisotopic (exact) mass is 218 g/mol. The van der Waals surface area contributed by atoms with E-state index >= 15 is 0 Å². The largest absolute Gasteiger partial charge is 0.388 e. The number of hydrogen-bond acceptors (Lipinski definition) is 2. The van der Waals surface area contributed by atoms with Crippen molar-refractivity contribution in [2.24, 2.45) is 0 Å². The van der Waals surface area contributed by atoms with E-state index < -0.39 is 17.7 Å². The molecule has 14 heavy (non-hydrogen) atoms. The zero-order valence-corrected chi connectivity index (χ0v) is 8.65. The topological polar surface area (TPSA) is 20.2 Å². The first kappa shape index (κ1) is 11.5. The van der Waals surface area contributed by atoms with Crippen LogP contribution in [0.15, 0.2) is 18.2 Å². The van der Waals surface area contributed by atoms with Gasteiger partial charge in [-0.1, -0.05) is 6.07 Å². The maximum Gasteiger partial charge on any atom is 0.159 e. The summed E-state index contributed by atoms with van der Waals surface area (Å²) in [5.41, 5.74) is 0.429. The Kier molecular flexibility index (Phi) is 4.35. The van der Waals surface area contributed by atoms with Gasteiger partial charge in [-0.05, 0) is 36.1 Å². The molecule has 0 saturated heterocycles.